The number of carbonyl (C=O) groups excluding carboxylic acids is 5. The quantitative estimate of drug-likeness (QED) is 0.0956. The minimum absolute atomic E-state index is 0.0197. The van der Waals surface area contributed by atoms with Crippen LogP contribution in [0.25, 0.3) is 0 Å². The molecule has 2 amide bonds. The molecule has 4 unspecified atom stereocenters. The molecule has 242 valence electrons. The second-order valence-electron chi connectivity index (χ2n) is 12.1. The van der Waals surface area contributed by atoms with Gasteiger partial charge in [0.2, 0.25) is 11.8 Å². The number of hydrogen-bond acceptors (Lipinski definition) is 7. The molecule has 9 nitrogen and oxygen atoms in total. The molecular formula is C34H55N3O6. The van der Waals surface area contributed by atoms with E-state index in [1.54, 1.807) is 31.2 Å². The molecule has 4 atom stereocenters. The maximum absolute atomic E-state index is 13.7. The third kappa shape index (κ3) is 15.3. The summed E-state index contributed by atoms with van der Waals surface area (Å²) >= 11 is 0. The van der Waals surface area contributed by atoms with Gasteiger partial charge in [0.15, 0.2) is 5.78 Å². The van der Waals surface area contributed by atoms with Crippen molar-refractivity contribution in [2.24, 2.45) is 23.5 Å². The number of rotatable bonds is 22. The highest BCUT2D eigenvalue weighted by Gasteiger charge is 2.30. The van der Waals surface area contributed by atoms with Crippen LogP contribution in [0, 0.1) is 17.8 Å². The first kappa shape index (κ1) is 38.0. The zero-order valence-corrected chi connectivity index (χ0v) is 27.2. The number of amides is 2. The first-order valence-corrected chi connectivity index (χ1v) is 16.0. The lowest BCUT2D eigenvalue weighted by molar-refractivity contribution is -0.137. The molecule has 0 fully saturated rings. The van der Waals surface area contributed by atoms with Crippen LogP contribution >= 0.6 is 0 Å². The summed E-state index contributed by atoms with van der Waals surface area (Å²) in [5.41, 5.74) is 6.67. The molecule has 0 aliphatic heterocycles. The average Bonchev–Trinajstić information content (AvgIpc) is 2.97. The van der Waals surface area contributed by atoms with E-state index in [2.05, 4.69) is 17.6 Å². The summed E-state index contributed by atoms with van der Waals surface area (Å²) in [7, 11) is 0. The van der Waals surface area contributed by atoms with Gasteiger partial charge < -0.3 is 25.9 Å². The number of ketones is 2. The van der Waals surface area contributed by atoms with Gasteiger partial charge in [0.1, 0.15) is 17.6 Å². The van der Waals surface area contributed by atoms with Crippen molar-refractivity contribution < 1.29 is 28.7 Å². The van der Waals surface area contributed by atoms with Crippen molar-refractivity contribution in [3.05, 3.63) is 29.8 Å². The molecule has 0 spiro atoms. The van der Waals surface area contributed by atoms with Crippen LogP contribution in [0.4, 0.5) is 0 Å². The van der Waals surface area contributed by atoms with E-state index in [1.807, 2.05) is 27.7 Å². The third-order valence-corrected chi connectivity index (χ3v) is 7.90. The summed E-state index contributed by atoms with van der Waals surface area (Å²) in [6, 6.07) is 5.30. The molecule has 0 bridgehead atoms. The molecule has 0 aliphatic carbocycles. The van der Waals surface area contributed by atoms with E-state index in [9.17, 15) is 24.0 Å². The molecule has 1 aromatic rings. The lowest BCUT2D eigenvalue weighted by Gasteiger charge is -2.25. The first-order valence-electron chi connectivity index (χ1n) is 16.0. The zero-order chi connectivity index (χ0) is 32.4. The standard InChI is InChI=1S/C34H55N3O6/c1-7-9-11-15-31(40)37-29(21-26-16-18-27(19-17-26)43-34(42)32(35)23(3)4)30(39)22-28(24(5)8-2)33(41)36-20-13-10-12-14-25(6)38/h16-19,23-24,28-29,32H,7-15,20-22,35H2,1-6H3,(H,36,41)(H,37,40). The van der Waals surface area contributed by atoms with E-state index < -0.39 is 24.0 Å². The Morgan fingerprint density at radius 2 is 1.53 bits per heavy atom. The van der Waals surface area contributed by atoms with Gasteiger partial charge in [-0.2, -0.15) is 0 Å². The van der Waals surface area contributed by atoms with Crippen molar-refractivity contribution >= 4 is 29.4 Å². The maximum Gasteiger partial charge on any atom is 0.328 e. The van der Waals surface area contributed by atoms with Crippen LogP contribution in [0.1, 0.15) is 111 Å². The highest BCUT2D eigenvalue weighted by atomic mass is 16.5. The molecule has 43 heavy (non-hydrogen) atoms. The number of esters is 1. The number of hydrogen-bond donors (Lipinski definition) is 3. The molecule has 0 saturated heterocycles. The fourth-order valence-electron chi connectivity index (χ4n) is 4.65. The molecule has 0 saturated carbocycles. The van der Waals surface area contributed by atoms with Gasteiger partial charge in [0, 0.05) is 31.7 Å². The highest BCUT2D eigenvalue weighted by molar-refractivity contribution is 5.92. The molecule has 9 heteroatoms. The first-order chi connectivity index (χ1) is 20.4. The topological polar surface area (TPSA) is 145 Å². The van der Waals surface area contributed by atoms with Crippen LogP contribution < -0.4 is 21.1 Å². The fraction of sp³-hybridized carbons (Fsp3) is 0.676. The van der Waals surface area contributed by atoms with E-state index in [0.29, 0.717) is 25.1 Å². The average molecular weight is 602 g/mol. The van der Waals surface area contributed by atoms with Crippen LogP contribution in [0.2, 0.25) is 0 Å². The van der Waals surface area contributed by atoms with Gasteiger partial charge in [0.25, 0.3) is 0 Å². The molecule has 4 N–H and O–H groups in total. The predicted molar refractivity (Wildman–Crippen MR) is 169 cm³/mol. The molecule has 0 heterocycles. The summed E-state index contributed by atoms with van der Waals surface area (Å²) in [5, 5.41) is 5.90. The van der Waals surface area contributed by atoms with Gasteiger partial charge in [-0.1, -0.05) is 72.4 Å². The normalized spacial score (nSPS) is 14.0. The van der Waals surface area contributed by atoms with Gasteiger partial charge in [-0.3, -0.25) is 14.4 Å². The minimum Gasteiger partial charge on any atom is -0.425 e. The zero-order valence-electron chi connectivity index (χ0n) is 27.2. The van der Waals surface area contributed by atoms with Crippen LogP contribution in [0.15, 0.2) is 24.3 Å². The van der Waals surface area contributed by atoms with E-state index in [1.165, 1.54) is 0 Å². The van der Waals surface area contributed by atoms with Crippen LogP contribution in [0.3, 0.4) is 0 Å². The van der Waals surface area contributed by atoms with Gasteiger partial charge >= 0.3 is 5.97 Å². The number of carbonyl (C=O) groups is 5. The van der Waals surface area contributed by atoms with Crippen LogP contribution in [0.5, 0.6) is 5.75 Å². The number of ether oxygens (including phenoxy) is 1. The molecular weight excluding hydrogens is 546 g/mol. The van der Waals surface area contributed by atoms with Gasteiger partial charge in [-0.05, 0) is 62.1 Å². The Morgan fingerprint density at radius 1 is 0.884 bits per heavy atom. The monoisotopic (exact) mass is 601 g/mol. The van der Waals surface area contributed by atoms with E-state index in [4.69, 9.17) is 10.5 Å². The van der Waals surface area contributed by atoms with Crippen LogP contribution in [-0.4, -0.2) is 48.0 Å². The Balaban J connectivity index is 2.98. The summed E-state index contributed by atoms with van der Waals surface area (Å²) in [5.74, 6) is -1.12. The predicted octanol–water partition coefficient (Wildman–Crippen LogP) is 5.07. The number of nitrogens with one attached hydrogen (secondary N) is 2. The van der Waals surface area contributed by atoms with Crippen molar-refractivity contribution in [3.63, 3.8) is 0 Å². The lowest BCUT2D eigenvalue weighted by atomic mass is 9.84. The van der Waals surface area contributed by atoms with Crippen molar-refractivity contribution in [1.82, 2.24) is 10.6 Å². The van der Waals surface area contributed by atoms with Gasteiger partial charge in [0.05, 0.1) is 6.04 Å². The summed E-state index contributed by atoms with van der Waals surface area (Å²) in [6.45, 7) is 11.8. The lowest BCUT2D eigenvalue weighted by Crippen LogP contribution is -2.45. The molecule has 0 aromatic heterocycles. The smallest absolute Gasteiger partial charge is 0.328 e. The Morgan fingerprint density at radius 3 is 2.12 bits per heavy atom. The number of Topliss-reactive ketones (excluding diaryl/α,β-unsaturated/α-hetero) is 2. The van der Waals surface area contributed by atoms with Crippen molar-refractivity contribution in [2.45, 2.75) is 124 Å². The Labute approximate surface area is 258 Å². The van der Waals surface area contributed by atoms with Gasteiger partial charge in [-0.15, -0.1) is 0 Å². The molecule has 0 aliphatic rings. The van der Waals surface area contributed by atoms with E-state index >= 15 is 0 Å². The highest BCUT2D eigenvalue weighted by Crippen LogP contribution is 2.22. The van der Waals surface area contributed by atoms with Crippen molar-refractivity contribution in [2.75, 3.05) is 6.54 Å². The molecule has 0 radical (unpaired) electrons. The maximum atomic E-state index is 13.7. The molecule has 1 aromatic carbocycles. The minimum atomic E-state index is -0.789. The van der Waals surface area contributed by atoms with E-state index in [-0.39, 0.29) is 48.1 Å². The Bertz CT molecular complexity index is 1020. The summed E-state index contributed by atoms with van der Waals surface area (Å²) in [4.78, 5) is 62.9. The second kappa shape index (κ2) is 20.8. The summed E-state index contributed by atoms with van der Waals surface area (Å²) in [6.07, 6.45) is 6.96. The van der Waals surface area contributed by atoms with Crippen LogP contribution in [-0.2, 0) is 30.4 Å². The van der Waals surface area contributed by atoms with Gasteiger partial charge in [-0.25, -0.2) is 4.79 Å². The number of benzene rings is 1. The summed E-state index contributed by atoms with van der Waals surface area (Å²) < 4.78 is 5.39. The largest absolute Gasteiger partial charge is 0.425 e. The number of unbranched alkanes of at least 4 members (excludes halogenated alkanes) is 4. The fourth-order valence-corrected chi connectivity index (χ4v) is 4.65. The SMILES string of the molecule is CCCCCC(=O)NC(Cc1ccc(OC(=O)C(N)C(C)C)cc1)C(=O)CC(C(=O)NCCCCCC(C)=O)C(C)CC. The second-order valence-corrected chi connectivity index (χ2v) is 12.1. The van der Waals surface area contributed by atoms with Crippen molar-refractivity contribution in [3.8, 4) is 5.75 Å². The Kier molecular flexibility index (Phi) is 18.3. The number of nitrogens with two attached hydrogens (primary N) is 1. The third-order valence-electron chi connectivity index (χ3n) is 7.90. The van der Waals surface area contributed by atoms with E-state index in [0.717, 1.165) is 50.5 Å². The molecule has 1 rings (SSSR count). The Hall–Kier alpha value is -3.07. The van der Waals surface area contributed by atoms with Crippen molar-refractivity contribution in [1.29, 1.82) is 0 Å².